The summed E-state index contributed by atoms with van der Waals surface area (Å²) in [5.74, 6) is 0.418. The fourth-order valence-electron chi connectivity index (χ4n) is 4.68. The topological polar surface area (TPSA) is 44.6 Å². The average molecular weight is 511 g/mol. The van der Waals surface area contributed by atoms with Crippen molar-refractivity contribution in [1.82, 2.24) is 0 Å². The first-order chi connectivity index (χ1) is 14.1. The van der Waals surface area contributed by atoms with Gasteiger partial charge in [-0.25, -0.2) is 0 Å². The molecular weight excluding hydrogens is 470 g/mol. The van der Waals surface area contributed by atoms with Gasteiger partial charge in [0.15, 0.2) is 0 Å². The van der Waals surface area contributed by atoms with E-state index < -0.39 is 11.4 Å². The van der Waals surface area contributed by atoms with E-state index in [1.807, 2.05) is 20.8 Å². The largest absolute Gasteiger partial charge is 0.591 e. The highest BCUT2D eigenvalue weighted by molar-refractivity contribution is 9.10. The molecule has 3 rings (SSSR count). The molecular formula is C26H40BrNO2S. The van der Waals surface area contributed by atoms with Gasteiger partial charge in [-0.15, -0.1) is 0 Å². The minimum absolute atomic E-state index is 0.0464. The summed E-state index contributed by atoms with van der Waals surface area (Å²) >= 11 is 2.36. The van der Waals surface area contributed by atoms with Crippen LogP contribution in [0.5, 0.6) is 0 Å². The van der Waals surface area contributed by atoms with Gasteiger partial charge in [-0.05, 0) is 89.3 Å². The lowest BCUT2D eigenvalue weighted by atomic mass is 9.66. The number of fused-ring (bicyclic) bond motifs is 1. The minimum atomic E-state index is -1.27. The molecule has 1 aromatic rings. The van der Waals surface area contributed by atoms with Crippen LogP contribution in [0.2, 0.25) is 0 Å². The van der Waals surface area contributed by atoms with Gasteiger partial charge in [0.25, 0.3) is 0 Å². The average Bonchev–Trinajstić information content (AvgIpc) is 2.88. The Morgan fingerprint density at radius 1 is 1.13 bits per heavy atom. The first-order valence-electron chi connectivity index (χ1n) is 11.5. The molecule has 0 N–H and O–H groups in total. The Balaban J connectivity index is 1.93. The van der Waals surface area contributed by atoms with Crippen LogP contribution in [-0.2, 0) is 22.5 Å². The van der Waals surface area contributed by atoms with Gasteiger partial charge in [0.2, 0.25) is 0 Å². The van der Waals surface area contributed by atoms with Crippen LogP contribution in [0.4, 0.5) is 0 Å². The Hall–Kier alpha value is -0.360. The second-order valence-electron chi connectivity index (χ2n) is 12.2. The van der Waals surface area contributed by atoms with Crippen molar-refractivity contribution in [2.75, 3.05) is 0 Å². The van der Waals surface area contributed by atoms with Crippen LogP contribution < -0.4 is 0 Å². The lowest BCUT2D eigenvalue weighted by Gasteiger charge is -2.47. The Morgan fingerprint density at radius 3 is 2.32 bits per heavy atom. The summed E-state index contributed by atoms with van der Waals surface area (Å²) < 4.78 is 25.4. The molecule has 1 saturated carbocycles. The highest BCUT2D eigenvalue weighted by Crippen LogP contribution is 2.52. The van der Waals surface area contributed by atoms with E-state index in [0.717, 1.165) is 35.9 Å². The Bertz CT molecular complexity index is 852. The summed E-state index contributed by atoms with van der Waals surface area (Å²) in [5, 5.41) is 0. The van der Waals surface area contributed by atoms with Gasteiger partial charge in [-0.2, -0.15) is 0 Å². The Kier molecular flexibility index (Phi) is 6.89. The van der Waals surface area contributed by atoms with Crippen molar-refractivity contribution in [3.8, 4) is 0 Å². The lowest BCUT2D eigenvalue weighted by molar-refractivity contribution is -0.159. The molecule has 1 aromatic carbocycles. The molecule has 0 aromatic heterocycles. The molecule has 0 aliphatic heterocycles. The van der Waals surface area contributed by atoms with Crippen LogP contribution >= 0.6 is 15.9 Å². The van der Waals surface area contributed by atoms with Crippen molar-refractivity contribution in [3.05, 3.63) is 33.8 Å². The molecule has 2 aliphatic carbocycles. The van der Waals surface area contributed by atoms with Crippen LogP contribution in [0.15, 0.2) is 27.1 Å². The maximum atomic E-state index is 13.1. The van der Waals surface area contributed by atoms with E-state index in [1.54, 1.807) is 0 Å². The zero-order chi connectivity index (χ0) is 23.4. The summed E-state index contributed by atoms with van der Waals surface area (Å²) in [5.41, 5.74) is 3.40. The molecule has 5 heteroatoms. The van der Waals surface area contributed by atoms with Gasteiger partial charge in [0.1, 0.15) is 21.8 Å². The maximum Gasteiger partial charge on any atom is 0.144 e. The van der Waals surface area contributed by atoms with Gasteiger partial charge >= 0.3 is 0 Å². The van der Waals surface area contributed by atoms with Crippen molar-refractivity contribution < 1.29 is 9.29 Å². The molecule has 31 heavy (non-hydrogen) atoms. The molecule has 174 valence electrons. The molecule has 0 heterocycles. The fourth-order valence-corrected chi connectivity index (χ4v) is 5.77. The first kappa shape index (κ1) is 25.3. The van der Waals surface area contributed by atoms with Crippen molar-refractivity contribution in [2.45, 2.75) is 104 Å². The lowest BCUT2D eigenvalue weighted by Crippen LogP contribution is -2.48. The van der Waals surface area contributed by atoms with Gasteiger partial charge in [0.05, 0.1) is 11.7 Å². The number of hydrogen-bond acceptors (Lipinski definition) is 3. The Labute approximate surface area is 201 Å². The minimum Gasteiger partial charge on any atom is -0.591 e. The number of benzene rings is 1. The van der Waals surface area contributed by atoms with Crippen molar-refractivity contribution in [1.29, 1.82) is 0 Å². The van der Waals surface area contributed by atoms with Crippen LogP contribution in [0.1, 0.15) is 92.7 Å². The molecule has 0 radical (unpaired) electrons. The number of nitrogens with zero attached hydrogens (tertiary/aromatic N) is 1. The van der Waals surface area contributed by atoms with Crippen LogP contribution in [-0.4, -0.2) is 26.7 Å². The fraction of sp³-hybridized carbons (Fsp3) is 0.731. The predicted octanol–water partition coefficient (Wildman–Crippen LogP) is 7.27. The van der Waals surface area contributed by atoms with E-state index in [2.05, 4.69) is 75.7 Å². The van der Waals surface area contributed by atoms with E-state index in [0.29, 0.717) is 5.92 Å². The van der Waals surface area contributed by atoms with E-state index in [9.17, 15) is 4.55 Å². The standard InChI is InChI=1S/C26H40BrNO2S/c1-17-15-26(13-12-21(17)30-25(8,9)23(2,3)4)16-18-10-11-19(27)14-20(18)22(26)28-31(29)24(5,6)7/h10-11,14,17,21H,12-13,15-16H2,1-9H3/b28-22+/t17-,21-,26-,31-/m0/s1. The molecule has 0 bridgehead atoms. The molecule has 0 amide bonds. The zero-order valence-corrected chi connectivity index (χ0v) is 23.2. The number of rotatable bonds is 3. The van der Waals surface area contributed by atoms with Gasteiger partial charge in [-0.1, -0.05) is 54.1 Å². The van der Waals surface area contributed by atoms with E-state index in [-0.39, 0.29) is 27.3 Å². The Morgan fingerprint density at radius 2 is 1.77 bits per heavy atom. The summed E-state index contributed by atoms with van der Waals surface area (Å²) in [6, 6.07) is 6.48. The smallest absolute Gasteiger partial charge is 0.144 e. The zero-order valence-electron chi connectivity index (χ0n) is 20.8. The highest BCUT2D eigenvalue weighted by atomic mass is 79.9. The summed E-state index contributed by atoms with van der Waals surface area (Å²) in [7, 11) is 0. The number of halogens is 1. The van der Waals surface area contributed by atoms with Crippen molar-refractivity contribution in [3.63, 3.8) is 0 Å². The molecule has 2 aliphatic rings. The van der Waals surface area contributed by atoms with Crippen LogP contribution in [0.25, 0.3) is 0 Å². The van der Waals surface area contributed by atoms with Crippen LogP contribution in [0, 0.1) is 16.7 Å². The summed E-state index contributed by atoms with van der Waals surface area (Å²) in [6.45, 7) is 19.5. The highest BCUT2D eigenvalue weighted by Gasteiger charge is 2.51. The normalized spacial score (nSPS) is 29.5. The number of hydrogen-bond donors (Lipinski definition) is 0. The van der Waals surface area contributed by atoms with E-state index >= 15 is 0 Å². The second-order valence-corrected chi connectivity index (χ2v) is 15.0. The van der Waals surface area contributed by atoms with Crippen LogP contribution in [0.3, 0.4) is 0 Å². The van der Waals surface area contributed by atoms with Gasteiger partial charge in [-0.3, -0.25) is 0 Å². The van der Waals surface area contributed by atoms with Crippen molar-refractivity contribution in [2.24, 2.45) is 21.1 Å². The van der Waals surface area contributed by atoms with Crippen molar-refractivity contribution >= 4 is 33.0 Å². The molecule has 0 unspecified atom stereocenters. The third kappa shape index (κ3) is 5.10. The first-order valence-corrected chi connectivity index (χ1v) is 13.4. The molecule has 0 saturated heterocycles. The second kappa shape index (κ2) is 8.45. The third-order valence-electron chi connectivity index (χ3n) is 7.56. The quantitative estimate of drug-likeness (QED) is 0.402. The number of ether oxygens (including phenoxy) is 1. The molecule has 3 nitrogen and oxygen atoms in total. The summed E-state index contributed by atoms with van der Waals surface area (Å²) in [6.07, 6.45) is 4.27. The van der Waals surface area contributed by atoms with Gasteiger partial charge in [0, 0.05) is 15.5 Å². The third-order valence-corrected chi connectivity index (χ3v) is 9.45. The van der Waals surface area contributed by atoms with E-state index in [1.165, 1.54) is 11.1 Å². The summed E-state index contributed by atoms with van der Waals surface area (Å²) in [4.78, 5) is 0. The molecule has 1 spiro atoms. The predicted molar refractivity (Wildman–Crippen MR) is 136 cm³/mol. The maximum absolute atomic E-state index is 13.1. The SMILES string of the molecule is C[C@H]1C[C@@]2(CC[C@@H]1OC(C)(C)C(C)(C)C)Cc1ccc(Br)cc1/C2=N\[S@@+]([O-])C(C)(C)C. The van der Waals surface area contributed by atoms with E-state index in [4.69, 9.17) is 9.13 Å². The monoisotopic (exact) mass is 509 g/mol. The molecule has 1 fully saturated rings. The van der Waals surface area contributed by atoms with Gasteiger partial charge < -0.3 is 9.29 Å². The molecule has 4 atom stereocenters.